The Morgan fingerprint density at radius 1 is 1.06 bits per heavy atom. The molecule has 0 unspecified atom stereocenters. The number of halogens is 1. The summed E-state index contributed by atoms with van der Waals surface area (Å²) < 4.78 is 5.71. The Morgan fingerprint density at radius 2 is 1.84 bits per heavy atom. The van der Waals surface area contributed by atoms with E-state index >= 15 is 0 Å². The minimum atomic E-state index is -0.358. The van der Waals surface area contributed by atoms with Crippen molar-refractivity contribution in [1.82, 2.24) is 15.5 Å². The summed E-state index contributed by atoms with van der Waals surface area (Å²) in [7, 11) is 0. The zero-order valence-corrected chi connectivity index (χ0v) is 18.2. The lowest BCUT2D eigenvalue weighted by Crippen LogP contribution is -2.32. The van der Waals surface area contributed by atoms with Gasteiger partial charge >= 0.3 is 0 Å². The van der Waals surface area contributed by atoms with Crippen LogP contribution in [0.2, 0.25) is 5.02 Å². The molecule has 0 spiro atoms. The van der Waals surface area contributed by atoms with Crippen molar-refractivity contribution < 1.29 is 14.3 Å². The second kappa shape index (κ2) is 9.89. The number of aromatic nitrogens is 2. The normalized spacial score (nSPS) is 13.7. The molecule has 2 N–H and O–H groups in total. The van der Waals surface area contributed by atoms with Gasteiger partial charge in [0, 0.05) is 22.3 Å². The molecule has 0 atom stereocenters. The molecule has 1 aliphatic carbocycles. The molecule has 4 rings (SSSR count). The summed E-state index contributed by atoms with van der Waals surface area (Å²) in [6.45, 7) is 0.176. The van der Waals surface area contributed by atoms with Gasteiger partial charge in [0.15, 0.2) is 5.01 Å². The Hall–Kier alpha value is -2.97. The summed E-state index contributed by atoms with van der Waals surface area (Å²) in [5.41, 5.74) is 1.19. The Labute approximate surface area is 188 Å². The van der Waals surface area contributed by atoms with E-state index in [0.717, 1.165) is 24.2 Å². The van der Waals surface area contributed by atoms with Gasteiger partial charge in [0.1, 0.15) is 12.4 Å². The van der Waals surface area contributed by atoms with Gasteiger partial charge in [-0.1, -0.05) is 41.8 Å². The number of rotatable bonds is 7. The number of amides is 2. The van der Waals surface area contributed by atoms with Crippen LogP contribution >= 0.6 is 22.9 Å². The lowest BCUT2D eigenvalue weighted by molar-refractivity contribution is 0.0937. The van der Waals surface area contributed by atoms with E-state index in [1.54, 1.807) is 48.5 Å². The first kappa shape index (κ1) is 21.3. The SMILES string of the molecule is O=C(NC1CCCC1)c1ccc(OCc2nnc(C(=O)Nc3cccc(Cl)c3)s2)cc1. The molecule has 1 aromatic heterocycles. The molecule has 1 heterocycles. The van der Waals surface area contributed by atoms with Gasteiger partial charge in [-0.3, -0.25) is 9.59 Å². The average Bonchev–Trinajstić information content (AvgIpc) is 3.45. The third kappa shape index (κ3) is 5.80. The number of anilines is 1. The summed E-state index contributed by atoms with van der Waals surface area (Å²) in [6, 6.07) is 14.1. The zero-order chi connectivity index (χ0) is 21.6. The van der Waals surface area contributed by atoms with Gasteiger partial charge in [0.05, 0.1) is 0 Å². The highest BCUT2D eigenvalue weighted by Crippen LogP contribution is 2.20. The van der Waals surface area contributed by atoms with E-state index in [0.29, 0.717) is 27.0 Å². The van der Waals surface area contributed by atoms with Gasteiger partial charge in [0.2, 0.25) is 5.01 Å². The summed E-state index contributed by atoms with van der Waals surface area (Å²) in [6.07, 6.45) is 4.45. The number of carbonyl (C=O) groups excluding carboxylic acids is 2. The Balaban J connectivity index is 1.29. The van der Waals surface area contributed by atoms with Crippen molar-refractivity contribution >= 4 is 40.4 Å². The fraction of sp³-hybridized carbons (Fsp3) is 0.273. The van der Waals surface area contributed by atoms with Crippen molar-refractivity contribution in [3.8, 4) is 5.75 Å². The predicted octanol–water partition coefficient (Wildman–Crippen LogP) is 4.70. The monoisotopic (exact) mass is 456 g/mol. The standard InChI is InChI=1S/C22H21ClN4O3S/c23-15-4-3-7-17(12-15)25-21(29)22-27-26-19(31-22)13-30-18-10-8-14(9-11-18)20(28)24-16-5-1-2-6-16/h3-4,7-12,16H,1-2,5-6,13H2,(H,24,28)(H,25,29). The van der Waals surface area contributed by atoms with Crippen LogP contribution in [-0.4, -0.2) is 28.1 Å². The maximum absolute atomic E-state index is 12.3. The minimum absolute atomic E-state index is 0.0575. The van der Waals surface area contributed by atoms with Crippen molar-refractivity contribution in [2.75, 3.05) is 5.32 Å². The molecule has 3 aromatic rings. The van der Waals surface area contributed by atoms with Crippen molar-refractivity contribution in [2.45, 2.75) is 38.3 Å². The Morgan fingerprint density at radius 3 is 2.58 bits per heavy atom. The second-order valence-corrected chi connectivity index (χ2v) is 8.73. The fourth-order valence-corrected chi connectivity index (χ4v) is 4.18. The van der Waals surface area contributed by atoms with Gasteiger partial charge in [-0.05, 0) is 55.3 Å². The number of ether oxygens (including phenoxy) is 1. The highest BCUT2D eigenvalue weighted by atomic mass is 35.5. The molecule has 1 saturated carbocycles. The number of hydrogen-bond acceptors (Lipinski definition) is 6. The topological polar surface area (TPSA) is 93.2 Å². The van der Waals surface area contributed by atoms with Crippen LogP contribution in [0.25, 0.3) is 0 Å². The fourth-order valence-electron chi connectivity index (χ4n) is 3.34. The van der Waals surface area contributed by atoms with Crippen molar-refractivity contribution in [3.05, 3.63) is 69.1 Å². The number of nitrogens with one attached hydrogen (secondary N) is 2. The second-order valence-electron chi connectivity index (χ2n) is 7.23. The first-order chi connectivity index (χ1) is 15.1. The van der Waals surface area contributed by atoms with Crippen LogP contribution < -0.4 is 15.4 Å². The van der Waals surface area contributed by atoms with E-state index < -0.39 is 0 Å². The van der Waals surface area contributed by atoms with Crippen molar-refractivity contribution in [1.29, 1.82) is 0 Å². The van der Waals surface area contributed by atoms with Gasteiger partial charge in [-0.2, -0.15) is 0 Å². The molecule has 1 fully saturated rings. The highest BCUT2D eigenvalue weighted by Gasteiger charge is 2.18. The number of benzene rings is 2. The Bertz CT molecular complexity index is 1060. The maximum atomic E-state index is 12.3. The van der Waals surface area contributed by atoms with Gasteiger partial charge < -0.3 is 15.4 Å². The van der Waals surface area contributed by atoms with Crippen molar-refractivity contribution in [2.24, 2.45) is 0 Å². The number of carbonyl (C=O) groups is 2. The first-order valence-electron chi connectivity index (χ1n) is 10.00. The van der Waals surface area contributed by atoms with E-state index in [4.69, 9.17) is 16.3 Å². The number of hydrogen-bond donors (Lipinski definition) is 2. The minimum Gasteiger partial charge on any atom is -0.486 e. The van der Waals surface area contributed by atoms with E-state index in [1.807, 2.05) is 0 Å². The lowest BCUT2D eigenvalue weighted by atomic mass is 10.1. The van der Waals surface area contributed by atoms with Crippen molar-refractivity contribution in [3.63, 3.8) is 0 Å². The first-order valence-corrected chi connectivity index (χ1v) is 11.2. The zero-order valence-electron chi connectivity index (χ0n) is 16.6. The van der Waals surface area contributed by atoms with E-state index in [-0.39, 0.29) is 29.5 Å². The molecule has 0 bridgehead atoms. The summed E-state index contributed by atoms with van der Waals surface area (Å²) in [5.74, 6) is 0.194. The van der Waals surface area contributed by atoms with Gasteiger partial charge in [0.25, 0.3) is 11.8 Å². The molecule has 2 amide bonds. The molecule has 0 radical (unpaired) electrons. The van der Waals surface area contributed by atoms with Crippen LogP contribution in [0.15, 0.2) is 48.5 Å². The molecular formula is C22H21ClN4O3S. The van der Waals surface area contributed by atoms with Crippen LogP contribution in [0.5, 0.6) is 5.75 Å². The van der Waals surface area contributed by atoms with Gasteiger partial charge in [-0.25, -0.2) is 0 Å². The van der Waals surface area contributed by atoms with Crippen LogP contribution in [0.4, 0.5) is 5.69 Å². The van der Waals surface area contributed by atoms with E-state index in [9.17, 15) is 9.59 Å². The highest BCUT2D eigenvalue weighted by molar-refractivity contribution is 7.13. The molecular weight excluding hydrogens is 436 g/mol. The quantitative estimate of drug-likeness (QED) is 0.537. The van der Waals surface area contributed by atoms with Crippen LogP contribution in [0.3, 0.4) is 0 Å². The van der Waals surface area contributed by atoms with Gasteiger partial charge in [-0.15, -0.1) is 10.2 Å². The molecule has 0 saturated heterocycles. The van der Waals surface area contributed by atoms with E-state index in [1.165, 1.54) is 12.8 Å². The average molecular weight is 457 g/mol. The largest absolute Gasteiger partial charge is 0.486 e. The smallest absolute Gasteiger partial charge is 0.286 e. The summed E-state index contributed by atoms with van der Waals surface area (Å²) in [5, 5.41) is 15.1. The number of nitrogens with zero attached hydrogens (tertiary/aromatic N) is 2. The van der Waals surface area contributed by atoms with E-state index in [2.05, 4.69) is 20.8 Å². The summed E-state index contributed by atoms with van der Waals surface area (Å²) >= 11 is 7.08. The maximum Gasteiger partial charge on any atom is 0.286 e. The third-order valence-electron chi connectivity index (χ3n) is 4.91. The Kier molecular flexibility index (Phi) is 6.79. The van der Waals surface area contributed by atoms with Crippen LogP contribution in [0.1, 0.15) is 50.9 Å². The summed E-state index contributed by atoms with van der Waals surface area (Å²) in [4.78, 5) is 24.6. The molecule has 1 aliphatic rings. The molecule has 0 aliphatic heterocycles. The molecule has 160 valence electrons. The molecule has 9 heteroatoms. The third-order valence-corrected chi connectivity index (χ3v) is 6.04. The lowest BCUT2D eigenvalue weighted by Gasteiger charge is -2.12. The van der Waals surface area contributed by atoms with Crippen LogP contribution in [-0.2, 0) is 6.61 Å². The molecule has 31 heavy (non-hydrogen) atoms. The molecule has 7 nitrogen and oxygen atoms in total. The predicted molar refractivity (Wildman–Crippen MR) is 120 cm³/mol. The van der Waals surface area contributed by atoms with Crippen LogP contribution in [0, 0.1) is 0 Å². The molecule has 2 aromatic carbocycles.